The van der Waals surface area contributed by atoms with E-state index in [0.717, 1.165) is 18.4 Å². The Labute approximate surface area is 124 Å². The molecular formula is C13H17Cl2NO2S. The first-order chi connectivity index (χ1) is 8.85. The predicted octanol–water partition coefficient (Wildman–Crippen LogP) is 2.69. The molecule has 2 rings (SSSR count). The van der Waals surface area contributed by atoms with Gasteiger partial charge in [-0.3, -0.25) is 0 Å². The molecule has 19 heavy (non-hydrogen) atoms. The fourth-order valence-electron chi connectivity index (χ4n) is 2.54. The molecule has 1 fully saturated rings. The van der Waals surface area contributed by atoms with Gasteiger partial charge in [-0.2, -0.15) is 0 Å². The third-order valence-corrected chi connectivity index (χ3v) is 5.88. The molecule has 1 heterocycles. The molecule has 0 saturated carbocycles. The average Bonchev–Trinajstić information content (AvgIpc) is 2.62. The van der Waals surface area contributed by atoms with Crippen molar-refractivity contribution in [2.45, 2.75) is 25.3 Å². The third-order valence-electron chi connectivity index (χ3n) is 3.46. The highest BCUT2D eigenvalue weighted by molar-refractivity contribution is 7.91. The first-order valence-electron chi connectivity index (χ1n) is 6.25. The summed E-state index contributed by atoms with van der Waals surface area (Å²) in [6, 6.07) is 5.29. The first kappa shape index (κ1) is 15.1. The van der Waals surface area contributed by atoms with E-state index in [0.29, 0.717) is 22.2 Å². The third kappa shape index (κ3) is 4.35. The van der Waals surface area contributed by atoms with Gasteiger partial charge < -0.3 is 5.73 Å². The summed E-state index contributed by atoms with van der Waals surface area (Å²) in [5, 5.41) is 1.21. The molecule has 2 atom stereocenters. The van der Waals surface area contributed by atoms with Crippen LogP contribution in [0.15, 0.2) is 18.2 Å². The Morgan fingerprint density at radius 1 is 1.37 bits per heavy atom. The highest BCUT2D eigenvalue weighted by Crippen LogP contribution is 2.26. The van der Waals surface area contributed by atoms with Gasteiger partial charge in [0.2, 0.25) is 0 Å². The highest BCUT2D eigenvalue weighted by atomic mass is 35.5. The van der Waals surface area contributed by atoms with E-state index in [9.17, 15) is 8.42 Å². The Kier molecular flexibility index (Phi) is 4.77. The normalized spacial score (nSPS) is 23.4. The lowest BCUT2D eigenvalue weighted by Gasteiger charge is -2.16. The van der Waals surface area contributed by atoms with Gasteiger partial charge in [0, 0.05) is 16.1 Å². The van der Waals surface area contributed by atoms with Crippen molar-refractivity contribution in [1.82, 2.24) is 0 Å². The molecule has 1 aromatic carbocycles. The van der Waals surface area contributed by atoms with Crippen LogP contribution in [0.4, 0.5) is 0 Å². The zero-order chi connectivity index (χ0) is 14.0. The van der Waals surface area contributed by atoms with Gasteiger partial charge in [0.25, 0.3) is 0 Å². The van der Waals surface area contributed by atoms with Crippen LogP contribution < -0.4 is 5.73 Å². The summed E-state index contributed by atoms with van der Waals surface area (Å²) < 4.78 is 22.8. The lowest BCUT2D eigenvalue weighted by molar-refractivity contribution is 0.468. The summed E-state index contributed by atoms with van der Waals surface area (Å²) >= 11 is 11.9. The number of benzene rings is 1. The average molecular weight is 322 g/mol. The van der Waals surface area contributed by atoms with Crippen LogP contribution in [0.2, 0.25) is 10.0 Å². The second kappa shape index (κ2) is 6.00. The molecule has 1 aromatic rings. The van der Waals surface area contributed by atoms with Crippen molar-refractivity contribution in [3.8, 4) is 0 Å². The maximum atomic E-state index is 11.4. The molecule has 0 spiro atoms. The topological polar surface area (TPSA) is 60.2 Å². The van der Waals surface area contributed by atoms with Crippen LogP contribution in [0.3, 0.4) is 0 Å². The number of hydrogen-bond acceptors (Lipinski definition) is 3. The molecule has 0 amide bonds. The van der Waals surface area contributed by atoms with Gasteiger partial charge in [-0.15, -0.1) is 0 Å². The van der Waals surface area contributed by atoms with Gasteiger partial charge in [-0.1, -0.05) is 29.3 Å². The van der Waals surface area contributed by atoms with E-state index in [2.05, 4.69) is 0 Å². The summed E-state index contributed by atoms with van der Waals surface area (Å²) in [4.78, 5) is 0. The number of sulfone groups is 1. The molecule has 0 aliphatic carbocycles. The minimum absolute atomic E-state index is 0.0722. The van der Waals surface area contributed by atoms with Crippen molar-refractivity contribution in [1.29, 1.82) is 0 Å². The van der Waals surface area contributed by atoms with E-state index in [1.165, 1.54) is 0 Å². The van der Waals surface area contributed by atoms with Crippen LogP contribution in [0, 0.1) is 5.92 Å². The van der Waals surface area contributed by atoms with Gasteiger partial charge in [0.15, 0.2) is 9.84 Å². The quantitative estimate of drug-likeness (QED) is 0.927. The lowest BCUT2D eigenvalue weighted by Crippen LogP contribution is -2.26. The van der Waals surface area contributed by atoms with Gasteiger partial charge in [0.1, 0.15) is 0 Å². The SMILES string of the molecule is NC(Cc1ccc(Cl)cc1Cl)CC1CCS(=O)(=O)C1. The summed E-state index contributed by atoms with van der Waals surface area (Å²) in [5.41, 5.74) is 7.05. The molecule has 3 nitrogen and oxygen atoms in total. The molecule has 0 radical (unpaired) electrons. The molecule has 2 unspecified atom stereocenters. The lowest BCUT2D eigenvalue weighted by atomic mass is 9.95. The minimum Gasteiger partial charge on any atom is -0.327 e. The largest absolute Gasteiger partial charge is 0.327 e. The fraction of sp³-hybridized carbons (Fsp3) is 0.538. The molecule has 0 aromatic heterocycles. The number of rotatable bonds is 4. The van der Waals surface area contributed by atoms with E-state index in [1.807, 2.05) is 6.07 Å². The summed E-state index contributed by atoms with van der Waals surface area (Å²) in [7, 11) is -2.83. The number of halogens is 2. The smallest absolute Gasteiger partial charge is 0.150 e. The fourth-order valence-corrected chi connectivity index (χ4v) is 4.90. The summed E-state index contributed by atoms with van der Waals surface area (Å²) in [6.07, 6.45) is 2.09. The Balaban J connectivity index is 1.93. The van der Waals surface area contributed by atoms with E-state index < -0.39 is 9.84 Å². The Hall–Kier alpha value is -0.290. The van der Waals surface area contributed by atoms with Gasteiger partial charge >= 0.3 is 0 Å². The van der Waals surface area contributed by atoms with E-state index >= 15 is 0 Å². The monoisotopic (exact) mass is 321 g/mol. The molecule has 6 heteroatoms. The van der Waals surface area contributed by atoms with Crippen LogP contribution >= 0.6 is 23.2 Å². The first-order valence-corrected chi connectivity index (χ1v) is 8.83. The maximum absolute atomic E-state index is 11.4. The van der Waals surface area contributed by atoms with E-state index in [1.54, 1.807) is 12.1 Å². The molecule has 2 N–H and O–H groups in total. The van der Waals surface area contributed by atoms with Crippen molar-refractivity contribution in [2.75, 3.05) is 11.5 Å². The summed E-state index contributed by atoms with van der Waals surface area (Å²) in [6.45, 7) is 0. The minimum atomic E-state index is -2.83. The van der Waals surface area contributed by atoms with Gasteiger partial charge in [-0.05, 0) is 42.9 Å². The van der Waals surface area contributed by atoms with Crippen molar-refractivity contribution in [3.63, 3.8) is 0 Å². The molecule has 1 saturated heterocycles. The van der Waals surface area contributed by atoms with E-state index in [4.69, 9.17) is 28.9 Å². The second-order valence-electron chi connectivity index (χ2n) is 5.20. The van der Waals surface area contributed by atoms with Crippen LogP contribution in [-0.4, -0.2) is 26.0 Å². The zero-order valence-corrected chi connectivity index (χ0v) is 12.8. The molecular weight excluding hydrogens is 305 g/mol. The number of hydrogen-bond donors (Lipinski definition) is 1. The van der Waals surface area contributed by atoms with Crippen molar-refractivity contribution in [3.05, 3.63) is 33.8 Å². The number of nitrogens with two attached hydrogens (primary N) is 1. The predicted molar refractivity (Wildman–Crippen MR) is 79.5 cm³/mol. The second-order valence-corrected chi connectivity index (χ2v) is 8.28. The molecule has 106 valence electrons. The Morgan fingerprint density at radius 2 is 2.11 bits per heavy atom. The standard InChI is InChI=1S/C13H17Cl2NO2S/c14-11-2-1-10(13(15)7-11)6-12(16)5-9-3-4-19(17,18)8-9/h1-2,7,9,12H,3-6,8,16H2. The highest BCUT2D eigenvalue weighted by Gasteiger charge is 2.29. The molecule has 1 aliphatic heterocycles. The maximum Gasteiger partial charge on any atom is 0.150 e. The zero-order valence-electron chi connectivity index (χ0n) is 10.5. The van der Waals surface area contributed by atoms with Crippen molar-refractivity contribution >= 4 is 33.0 Å². The van der Waals surface area contributed by atoms with Crippen LogP contribution in [0.25, 0.3) is 0 Å². The summed E-state index contributed by atoms with van der Waals surface area (Å²) in [5.74, 6) is 0.757. The van der Waals surface area contributed by atoms with Crippen molar-refractivity contribution < 1.29 is 8.42 Å². The molecule has 0 bridgehead atoms. The van der Waals surface area contributed by atoms with E-state index in [-0.39, 0.29) is 17.7 Å². The van der Waals surface area contributed by atoms with Gasteiger partial charge in [0.05, 0.1) is 11.5 Å². The van der Waals surface area contributed by atoms with Crippen molar-refractivity contribution in [2.24, 2.45) is 11.7 Å². The Morgan fingerprint density at radius 3 is 2.68 bits per heavy atom. The van der Waals surface area contributed by atoms with Crippen LogP contribution in [0.5, 0.6) is 0 Å². The van der Waals surface area contributed by atoms with Crippen LogP contribution in [0.1, 0.15) is 18.4 Å². The van der Waals surface area contributed by atoms with Gasteiger partial charge in [-0.25, -0.2) is 8.42 Å². The molecule has 1 aliphatic rings. The van der Waals surface area contributed by atoms with Crippen LogP contribution in [-0.2, 0) is 16.3 Å². The Bertz CT molecular complexity index is 560.